The Bertz CT molecular complexity index is 1090. The minimum Gasteiger partial charge on any atom is -0.482 e. The molecule has 3 aliphatic rings. The Hall–Kier alpha value is -2.28. The van der Waals surface area contributed by atoms with E-state index in [1.54, 1.807) is 11.1 Å². The van der Waals surface area contributed by atoms with Crippen LogP contribution in [0.3, 0.4) is 0 Å². The van der Waals surface area contributed by atoms with Crippen molar-refractivity contribution in [2.75, 3.05) is 0 Å². The van der Waals surface area contributed by atoms with Crippen LogP contribution in [0.5, 0.6) is 5.75 Å². The monoisotopic (exact) mass is 326 g/mol. The van der Waals surface area contributed by atoms with Crippen LogP contribution in [-0.4, -0.2) is 5.60 Å². The Morgan fingerprint density at radius 3 is 2.60 bits per heavy atom. The fourth-order valence-corrected chi connectivity index (χ4v) is 5.53. The zero-order chi connectivity index (χ0) is 16.8. The highest BCUT2D eigenvalue weighted by Gasteiger charge is 2.42. The molecule has 0 saturated heterocycles. The van der Waals surface area contributed by atoms with Crippen molar-refractivity contribution >= 4 is 27.6 Å². The first-order valence-electron chi connectivity index (χ1n) is 9.52. The van der Waals surface area contributed by atoms with Crippen LogP contribution in [0.25, 0.3) is 27.6 Å². The standard InChI is InChI=1S/C24H22O/c1-24(2)12-11-19-21-16-8-7-15(13-16)20(21)18-10-9-14-5-3-4-6-17(14)22(18)23(19)25-24/h3-6,9-12,15-16H,7-8,13H2,1-2H3. The summed E-state index contributed by atoms with van der Waals surface area (Å²) in [4.78, 5) is 0. The number of fused-ring (bicyclic) bond motifs is 12. The third-order valence-corrected chi connectivity index (χ3v) is 6.54. The highest BCUT2D eigenvalue weighted by molar-refractivity contribution is 6.14. The van der Waals surface area contributed by atoms with Gasteiger partial charge < -0.3 is 4.74 Å². The molecule has 2 bridgehead atoms. The lowest BCUT2D eigenvalue weighted by Crippen LogP contribution is -2.28. The zero-order valence-electron chi connectivity index (χ0n) is 14.8. The summed E-state index contributed by atoms with van der Waals surface area (Å²) in [5.41, 5.74) is 4.35. The van der Waals surface area contributed by atoms with Gasteiger partial charge in [-0.05, 0) is 78.3 Å². The molecule has 1 fully saturated rings. The molecule has 2 atom stereocenters. The molecule has 0 aromatic heterocycles. The lowest BCUT2D eigenvalue weighted by atomic mass is 9.81. The van der Waals surface area contributed by atoms with Crippen molar-refractivity contribution in [1.82, 2.24) is 0 Å². The summed E-state index contributed by atoms with van der Waals surface area (Å²) >= 11 is 0. The molecule has 3 aromatic carbocycles. The molecule has 3 aromatic rings. The molecular weight excluding hydrogens is 304 g/mol. The highest BCUT2D eigenvalue weighted by atomic mass is 16.5. The Kier molecular flexibility index (Phi) is 2.49. The molecular formula is C24H22O. The van der Waals surface area contributed by atoms with Crippen LogP contribution in [0, 0.1) is 0 Å². The zero-order valence-corrected chi connectivity index (χ0v) is 14.8. The lowest BCUT2D eigenvalue weighted by molar-refractivity contribution is 0.161. The van der Waals surface area contributed by atoms with Crippen LogP contribution in [-0.2, 0) is 0 Å². The number of hydrogen-bond acceptors (Lipinski definition) is 1. The van der Waals surface area contributed by atoms with Crippen molar-refractivity contribution < 1.29 is 4.74 Å². The van der Waals surface area contributed by atoms with Gasteiger partial charge in [0.1, 0.15) is 11.4 Å². The van der Waals surface area contributed by atoms with Gasteiger partial charge in [-0.25, -0.2) is 0 Å². The van der Waals surface area contributed by atoms with E-state index in [1.165, 1.54) is 46.4 Å². The second kappa shape index (κ2) is 4.46. The van der Waals surface area contributed by atoms with Crippen LogP contribution >= 0.6 is 0 Å². The van der Waals surface area contributed by atoms with Crippen molar-refractivity contribution in [3.05, 3.63) is 59.2 Å². The van der Waals surface area contributed by atoms with Gasteiger partial charge in [0.05, 0.1) is 0 Å². The minimum atomic E-state index is -0.247. The lowest BCUT2D eigenvalue weighted by Gasteiger charge is -2.32. The average molecular weight is 326 g/mol. The maximum atomic E-state index is 6.59. The molecule has 1 aliphatic heterocycles. The van der Waals surface area contributed by atoms with Crippen LogP contribution in [0.4, 0.5) is 0 Å². The predicted octanol–water partition coefficient (Wildman–Crippen LogP) is 6.54. The van der Waals surface area contributed by atoms with Crippen LogP contribution in [0.2, 0.25) is 0 Å². The highest BCUT2D eigenvalue weighted by Crippen LogP contribution is 2.59. The van der Waals surface area contributed by atoms with Crippen LogP contribution in [0.1, 0.15) is 61.6 Å². The van der Waals surface area contributed by atoms with E-state index in [1.807, 2.05) is 0 Å². The molecule has 1 saturated carbocycles. The van der Waals surface area contributed by atoms with E-state index in [9.17, 15) is 0 Å². The first-order valence-corrected chi connectivity index (χ1v) is 9.52. The fraction of sp³-hybridized carbons (Fsp3) is 0.333. The van der Waals surface area contributed by atoms with Gasteiger partial charge >= 0.3 is 0 Å². The van der Waals surface area contributed by atoms with Gasteiger partial charge in [0.15, 0.2) is 0 Å². The van der Waals surface area contributed by atoms with Gasteiger partial charge in [0, 0.05) is 10.9 Å². The van der Waals surface area contributed by atoms with Gasteiger partial charge in [0.2, 0.25) is 0 Å². The Labute approximate surface area is 148 Å². The number of rotatable bonds is 0. The number of hydrogen-bond donors (Lipinski definition) is 0. The van der Waals surface area contributed by atoms with Crippen LogP contribution < -0.4 is 4.74 Å². The molecule has 0 amide bonds. The van der Waals surface area contributed by atoms with Crippen molar-refractivity contribution in [2.24, 2.45) is 0 Å². The van der Waals surface area contributed by atoms with Gasteiger partial charge in [0.25, 0.3) is 0 Å². The van der Waals surface area contributed by atoms with E-state index < -0.39 is 0 Å². The van der Waals surface area contributed by atoms with Crippen molar-refractivity contribution in [2.45, 2.75) is 50.5 Å². The van der Waals surface area contributed by atoms with Crippen LogP contribution in [0.15, 0.2) is 42.5 Å². The molecule has 25 heavy (non-hydrogen) atoms. The van der Waals surface area contributed by atoms with E-state index in [-0.39, 0.29) is 5.60 Å². The SMILES string of the molecule is CC1(C)C=Cc2c3c(c4ccc5ccccc5c4c2O1)C1CCC3C1. The predicted molar refractivity (Wildman–Crippen MR) is 105 cm³/mol. The number of ether oxygens (including phenoxy) is 1. The third-order valence-electron chi connectivity index (χ3n) is 6.54. The average Bonchev–Trinajstić information content (AvgIpc) is 3.22. The first-order chi connectivity index (χ1) is 12.1. The van der Waals surface area contributed by atoms with E-state index in [4.69, 9.17) is 4.74 Å². The topological polar surface area (TPSA) is 9.23 Å². The first kappa shape index (κ1) is 13.9. The maximum Gasteiger partial charge on any atom is 0.136 e. The van der Waals surface area contributed by atoms with E-state index in [2.05, 4.69) is 62.4 Å². The molecule has 0 spiro atoms. The maximum absolute atomic E-state index is 6.59. The summed E-state index contributed by atoms with van der Waals surface area (Å²) in [5.74, 6) is 2.60. The van der Waals surface area contributed by atoms with Crippen molar-refractivity contribution in [1.29, 1.82) is 0 Å². The Balaban J connectivity index is 1.85. The quantitative estimate of drug-likeness (QED) is 0.426. The van der Waals surface area contributed by atoms with Crippen molar-refractivity contribution in [3.63, 3.8) is 0 Å². The molecule has 1 nitrogen and oxygen atoms in total. The summed E-state index contributed by atoms with van der Waals surface area (Å²) in [6, 6.07) is 13.4. The molecule has 6 rings (SSSR count). The fourth-order valence-electron chi connectivity index (χ4n) is 5.53. The van der Waals surface area contributed by atoms with E-state index >= 15 is 0 Å². The second-order valence-corrected chi connectivity index (χ2v) is 8.53. The van der Waals surface area contributed by atoms with Gasteiger partial charge in [-0.2, -0.15) is 0 Å². The summed E-state index contributed by atoms with van der Waals surface area (Å²) in [6.07, 6.45) is 8.62. The molecule has 2 unspecified atom stereocenters. The minimum absolute atomic E-state index is 0.247. The summed E-state index contributed by atoms with van der Waals surface area (Å²) in [6.45, 7) is 4.31. The van der Waals surface area contributed by atoms with Gasteiger partial charge in [-0.3, -0.25) is 0 Å². The Morgan fingerprint density at radius 2 is 1.72 bits per heavy atom. The number of benzene rings is 3. The third kappa shape index (κ3) is 1.74. The summed E-state index contributed by atoms with van der Waals surface area (Å²) in [5, 5.41) is 5.40. The van der Waals surface area contributed by atoms with Crippen molar-refractivity contribution in [3.8, 4) is 5.75 Å². The van der Waals surface area contributed by atoms with E-state index in [0.29, 0.717) is 0 Å². The second-order valence-electron chi connectivity index (χ2n) is 8.53. The normalized spacial score (nSPS) is 25.2. The summed E-state index contributed by atoms with van der Waals surface area (Å²) < 4.78 is 6.59. The molecule has 0 N–H and O–H groups in total. The summed E-state index contributed by atoms with van der Waals surface area (Å²) in [7, 11) is 0. The Morgan fingerprint density at radius 1 is 0.920 bits per heavy atom. The largest absolute Gasteiger partial charge is 0.482 e. The molecule has 124 valence electrons. The molecule has 0 radical (unpaired) electrons. The molecule has 1 heterocycles. The van der Waals surface area contributed by atoms with Gasteiger partial charge in [-0.1, -0.05) is 42.5 Å². The molecule has 1 heteroatoms. The molecule has 2 aliphatic carbocycles. The van der Waals surface area contributed by atoms with E-state index in [0.717, 1.165) is 17.6 Å². The smallest absolute Gasteiger partial charge is 0.136 e. The van der Waals surface area contributed by atoms with Gasteiger partial charge in [-0.15, -0.1) is 0 Å².